The number of benzene rings is 1. The minimum atomic E-state index is -0.322. The molecule has 0 amide bonds. The van der Waals surface area contributed by atoms with Crippen LogP contribution in [0.15, 0.2) is 42.7 Å². The predicted octanol–water partition coefficient (Wildman–Crippen LogP) is 2.52. The normalized spacial score (nSPS) is 10.6. The Morgan fingerprint density at radius 2 is 1.74 bits per heavy atom. The van der Waals surface area contributed by atoms with Crippen LogP contribution in [0.1, 0.15) is 0 Å². The number of aromatic nitrogens is 5. The molecule has 94 valence electrons. The number of hydrogen-bond acceptors (Lipinski definition) is 4. The Kier molecular flexibility index (Phi) is 2.92. The Bertz CT molecular complexity index is 696. The van der Waals surface area contributed by atoms with Crippen molar-refractivity contribution in [2.75, 3.05) is 0 Å². The van der Waals surface area contributed by atoms with Crippen LogP contribution >= 0.6 is 11.6 Å². The van der Waals surface area contributed by atoms with Crippen LogP contribution in [0.4, 0.5) is 4.39 Å². The molecule has 0 radical (unpaired) electrons. The van der Waals surface area contributed by atoms with Crippen molar-refractivity contribution in [3.8, 4) is 17.3 Å². The first kappa shape index (κ1) is 11.7. The highest BCUT2D eigenvalue weighted by Gasteiger charge is 2.14. The molecule has 0 bridgehead atoms. The molecule has 7 heteroatoms. The highest BCUT2D eigenvalue weighted by molar-refractivity contribution is 6.28. The van der Waals surface area contributed by atoms with E-state index in [4.69, 9.17) is 11.6 Å². The van der Waals surface area contributed by atoms with Gasteiger partial charge in [-0.05, 0) is 41.9 Å². The second kappa shape index (κ2) is 4.74. The van der Waals surface area contributed by atoms with Crippen molar-refractivity contribution in [1.29, 1.82) is 0 Å². The molecule has 0 spiro atoms. The summed E-state index contributed by atoms with van der Waals surface area (Å²) < 4.78 is 14.3. The maximum atomic E-state index is 12.9. The van der Waals surface area contributed by atoms with E-state index in [9.17, 15) is 4.39 Å². The maximum absolute atomic E-state index is 12.9. The average molecular weight is 276 g/mol. The van der Waals surface area contributed by atoms with E-state index in [0.717, 1.165) is 0 Å². The van der Waals surface area contributed by atoms with E-state index in [1.54, 1.807) is 30.6 Å². The van der Waals surface area contributed by atoms with Gasteiger partial charge in [-0.25, -0.2) is 14.4 Å². The zero-order valence-corrected chi connectivity index (χ0v) is 10.3. The van der Waals surface area contributed by atoms with Gasteiger partial charge in [0, 0.05) is 18.0 Å². The van der Waals surface area contributed by atoms with Crippen LogP contribution in [0.2, 0.25) is 5.28 Å². The molecule has 0 saturated carbocycles. The first-order valence-electron chi connectivity index (χ1n) is 5.40. The van der Waals surface area contributed by atoms with Crippen molar-refractivity contribution >= 4 is 11.6 Å². The molecular formula is C12H7ClFN5. The van der Waals surface area contributed by atoms with Gasteiger partial charge in [0.25, 0.3) is 5.95 Å². The number of halogens is 2. The van der Waals surface area contributed by atoms with Crippen LogP contribution in [0, 0.1) is 5.82 Å². The number of hydrogen-bond donors (Lipinski definition) is 0. The molecule has 0 saturated heterocycles. The fourth-order valence-corrected chi connectivity index (χ4v) is 1.77. The Labute approximate surface area is 112 Å². The summed E-state index contributed by atoms with van der Waals surface area (Å²) in [6.45, 7) is 0. The van der Waals surface area contributed by atoms with Crippen molar-refractivity contribution in [2.24, 2.45) is 0 Å². The van der Waals surface area contributed by atoms with Gasteiger partial charge in [0.15, 0.2) is 5.82 Å². The molecule has 5 nitrogen and oxygen atoms in total. The second-order valence-electron chi connectivity index (χ2n) is 3.67. The molecule has 3 aromatic rings. The lowest BCUT2D eigenvalue weighted by Gasteiger charge is -2.03. The summed E-state index contributed by atoms with van der Waals surface area (Å²) in [5.74, 6) is 0.481. The van der Waals surface area contributed by atoms with E-state index < -0.39 is 0 Å². The zero-order valence-electron chi connectivity index (χ0n) is 9.53. The molecule has 0 aliphatic carbocycles. The summed E-state index contributed by atoms with van der Waals surface area (Å²) in [6.07, 6.45) is 3.18. The highest BCUT2D eigenvalue weighted by atomic mass is 35.5. The molecular weight excluding hydrogens is 269 g/mol. The molecule has 1 aromatic carbocycles. The van der Waals surface area contributed by atoms with Crippen molar-refractivity contribution < 1.29 is 4.39 Å². The van der Waals surface area contributed by atoms with Crippen molar-refractivity contribution in [1.82, 2.24) is 24.7 Å². The SMILES string of the molecule is Fc1ccc(-c2nc(Cl)nn2-c2ncccn2)cc1. The molecule has 0 aliphatic heterocycles. The Balaban J connectivity index is 2.15. The van der Waals surface area contributed by atoms with Crippen molar-refractivity contribution in [3.05, 3.63) is 53.8 Å². The third-order valence-corrected chi connectivity index (χ3v) is 2.59. The van der Waals surface area contributed by atoms with Crippen LogP contribution < -0.4 is 0 Å². The molecule has 0 atom stereocenters. The first-order valence-corrected chi connectivity index (χ1v) is 5.78. The Morgan fingerprint density at radius 1 is 1.05 bits per heavy atom. The lowest BCUT2D eigenvalue weighted by atomic mass is 10.2. The maximum Gasteiger partial charge on any atom is 0.252 e. The molecule has 3 rings (SSSR count). The second-order valence-corrected chi connectivity index (χ2v) is 4.01. The van der Waals surface area contributed by atoms with Crippen molar-refractivity contribution in [3.63, 3.8) is 0 Å². The quantitative estimate of drug-likeness (QED) is 0.721. The summed E-state index contributed by atoms with van der Waals surface area (Å²) in [7, 11) is 0. The lowest BCUT2D eigenvalue weighted by Crippen LogP contribution is -2.04. The monoisotopic (exact) mass is 275 g/mol. The fraction of sp³-hybridized carbons (Fsp3) is 0. The van der Waals surface area contributed by atoms with E-state index in [2.05, 4.69) is 20.1 Å². The van der Waals surface area contributed by atoms with Gasteiger partial charge < -0.3 is 0 Å². The summed E-state index contributed by atoms with van der Waals surface area (Å²) in [5, 5.41) is 4.11. The molecule has 2 heterocycles. The molecule has 19 heavy (non-hydrogen) atoms. The Hall–Kier alpha value is -2.34. The Morgan fingerprint density at radius 3 is 2.42 bits per heavy atom. The van der Waals surface area contributed by atoms with Crippen LogP contribution in [0.3, 0.4) is 0 Å². The van der Waals surface area contributed by atoms with Gasteiger partial charge in [0.1, 0.15) is 5.82 Å². The van der Waals surface area contributed by atoms with Crippen molar-refractivity contribution in [2.45, 2.75) is 0 Å². The van der Waals surface area contributed by atoms with Gasteiger partial charge in [-0.15, -0.1) is 5.10 Å². The van der Waals surface area contributed by atoms with Gasteiger partial charge in [0.05, 0.1) is 0 Å². The molecule has 2 aromatic heterocycles. The van der Waals surface area contributed by atoms with Crippen LogP contribution in [0.5, 0.6) is 0 Å². The fourth-order valence-electron chi connectivity index (χ4n) is 1.61. The minimum absolute atomic E-state index is 0.0757. The van der Waals surface area contributed by atoms with E-state index in [-0.39, 0.29) is 11.1 Å². The van der Waals surface area contributed by atoms with E-state index in [0.29, 0.717) is 17.3 Å². The van der Waals surface area contributed by atoms with Gasteiger partial charge in [0.2, 0.25) is 5.28 Å². The van der Waals surface area contributed by atoms with Crippen LogP contribution in [-0.4, -0.2) is 24.7 Å². The third-order valence-electron chi connectivity index (χ3n) is 2.43. The summed E-state index contributed by atoms with van der Waals surface area (Å²) >= 11 is 5.82. The molecule has 0 fully saturated rings. The van der Waals surface area contributed by atoms with E-state index >= 15 is 0 Å². The molecule has 0 N–H and O–H groups in total. The predicted molar refractivity (Wildman–Crippen MR) is 67.4 cm³/mol. The summed E-state index contributed by atoms with van der Waals surface area (Å²) in [5.41, 5.74) is 0.674. The van der Waals surface area contributed by atoms with Gasteiger partial charge in [-0.1, -0.05) is 0 Å². The lowest BCUT2D eigenvalue weighted by molar-refractivity contribution is 0.628. The minimum Gasteiger partial charge on any atom is -0.220 e. The topological polar surface area (TPSA) is 56.5 Å². The largest absolute Gasteiger partial charge is 0.252 e. The van der Waals surface area contributed by atoms with Gasteiger partial charge in [-0.3, -0.25) is 0 Å². The van der Waals surface area contributed by atoms with E-state index in [1.807, 2.05) is 0 Å². The van der Waals surface area contributed by atoms with Crippen LogP contribution in [-0.2, 0) is 0 Å². The van der Waals surface area contributed by atoms with Gasteiger partial charge in [-0.2, -0.15) is 9.67 Å². The highest BCUT2D eigenvalue weighted by Crippen LogP contribution is 2.21. The average Bonchev–Trinajstić information content (AvgIpc) is 2.83. The van der Waals surface area contributed by atoms with Crippen LogP contribution in [0.25, 0.3) is 17.3 Å². The number of rotatable bonds is 2. The van der Waals surface area contributed by atoms with Gasteiger partial charge >= 0.3 is 0 Å². The first-order chi connectivity index (χ1) is 9.24. The number of nitrogens with zero attached hydrogens (tertiary/aromatic N) is 5. The third kappa shape index (κ3) is 2.30. The van der Waals surface area contributed by atoms with E-state index in [1.165, 1.54) is 16.8 Å². The smallest absolute Gasteiger partial charge is 0.220 e. The zero-order chi connectivity index (χ0) is 13.2. The molecule has 0 aliphatic rings. The molecule has 0 unspecified atom stereocenters. The summed E-state index contributed by atoms with van der Waals surface area (Å²) in [6, 6.07) is 7.56. The standard InChI is InChI=1S/C12H7ClFN5/c13-11-17-10(8-2-4-9(14)5-3-8)19(18-11)12-15-6-1-7-16-12/h1-7H. The summed E-state index contributed by atoms with van der Waals surface area (Å²) in [4.78, 5) is 12.3.